The van der Waals surface area contributed by atoms with Crippen molar-refractivity contribution in [3.63, 3.8) is 0 Å². The molecule has 0 spiro atoms. The number of thiol groups is 1. The van der Waals surface area contributed by atoms with Gasteiger partial charge in [-0.1, -0.05) is 25.0 Å². The van der Waals surface area contributed by atoms with Gasteiger partial charge in [0.05, 0.1) is 11.4 Å². The molecule has 1 unspecified atom stereocenters. The summed E-state index contributed by atoms with van der Waals surface area (Å²) >= 11 is 8.06. The molecule has 0 aliphatic carbocycles. The van der Waals surface area contributed by atoms with E-state index in [1.54, 1.807) is 0 Å². The van der Waals surface area contributed by atoms with Gasteiger partial charge in [-0.3, -0.25) is 9.59 Å². The number of hydrogen-bond donors (Lipinski definition) is 4. The average molecular weight is 209 g/mol. The summed E-state index contributed by atoms with van der Waals surface area (Å²) in [4.78, 5) is 20.5. The van der Waals surface area contributed by atoms with Crippen LogP contribution < -0.4 is 4.72 Å². The highest BCUT2D eigenvalue weighted by Crippen LogP contribution is 2.05. The summed E-state index contributed by atoms with van der Waals surface area (Å²) in [5.74, 6) is -3.70. The molecule has 68 valence electrons. The smallest absolute Gasteiger partial charge is 0.314 e. The molecule has 0 radical (unpaired) electrons. The quantitative estimate of drug-likeness (QED) is 0.383. The van der Waals surface area contributed by atoms with Crippen molar-refractivity contribution in [3.05, 3.63) is 0 Å². The minimum Gasteiger partial charge on any atom is -0.481 e. The molecule has 0 saturated carbocycles. The SMILES string of the molecule is O=C(O)CC(C(=O)O)C(=S)NS. The van der Waals surface area contributed by atoms with Crippen LogP contribution in [0.1, 0.15) is 6.42 Å². The van der Waals surface area contributed by atoms with E-state index in [4.69, 9.17) is 10.2 Å². The Morgan fingerprint density at radius 2 is 2.00 bits per heavy atom. The van der Waals surface area contributed by atoms with Crippen molar-refractivity contribution in [3.8, 4) is 0 Å². The maximum atomic E-state index is 10.4. The molecule has 0 aromatic carbocycles. The number of rotatable bonds is 4. The topological polar surface area (TPSA) is 86.6 Å². The van der Waals surface area contributed by atoms with Gasteiger partial charge in [0.25, 0.3) is 0 Å². The van der Waals surface area contributed by atoms with Gasteiger partial charge in [-0.25, -0.2) is 0 Å². The molecular formula is C5H7NO4S2. The van der Waals surface area contributed by atoms with Gasteiger partial charge in [0, 0.05) is 0 Å². The summed E-state index contributed by atoms with van der Waals surface area (Å²) in [6.45, 7) is 0. The molecule has 0 aromatic heterocycles. The van der Waals surface area contributed by atoms with Crippen LogP contribution in [0.5, 0.6) is 0 Å². The minimum absolute atomic E-state index is 0.103. The fourth-order valence-electron chi connectivity index (χ4n) is 0.545. The molecular weight excluding hydrogens is 202 g/mol. The third-order valence-corrected chi connectivity index (χ3v) is 1.88. The van der Waals surface area contributed by atoms with Crippen molar-refractivity contribution >= 4 is 42.0 Å². The second-order valence-corrected chi connectivity index (χ2v) is 2.63. The Kier molecular flexibility index (Phi) is 4.60. The zero-order valence-corrected chi connectivity index (χ0v) is 7.56. The second-order valence-electron chi connectivity index (χ2n) is 1.96. The summed E-state index contributed by atoms with van der Waals surface area (Å²) < 4.78 is 2.13. The zero-order valence-electron chi connectivity index (χ0n) is 5.85. The Labute approximate surface area is 79.3 Å². The van der Waals surface area contributed by atoms with Crippen molar-refractivity contribution in [2.75, 3.05) is 0 Å². The molecule has 0 rings (SSSR count). The van der Waals surface area contributed by atoms with Gasteiger partial charge in [-0.15, -0.1) is 0 Å². The summed E-state index contributed by atoms with van der Waals surface area (Å²) in [5.41, 5.74) is 0. The monoisotopic (exact) mass is 209 g/mol. The molecule has 0 heterocycles. The van der Waals surface area contributed by atoms with E-state index in [0.29, 0.717) is 0 Å². The van der Waals surface area contributed by atoms with Gasteiger partial charge in [-0.05, 0) is 0 Å². The maximum Gasteiger partial charge on any atom is 0.314 e. The second kappa shape index (κ2) is 4.94. The van der Waals surface area contributed by atoms with Gasteiger partial charge < -0.3 is 14.9 Å². The number of carboxylic acids is 2. The first kappa shape index (κ1) is 11.2. The van der Waals surface area contributed by atoms with Crippen molar-refractivity contribution in [1.82, 2.24) is 4.72 Å². The number of hydrogen-bond acceptors (Lipinski definition) is 4. The lowest BCUT2D eigenvalue weighted by Gasteiger charge is -2.09. The van der Waals surface area contributed by atoms with E-state index in [2.05, 4.69) is 29.8 Å². The zero-order chi connectivity index (χ0) is 9.72. The summed E-state index contributed by atoms with van der Waals surface area (Å²) in [5, 5.41) is 16.8. The van der Waals surface area contributed by atoms with Crippen LogP contribution in [0, 0.1) is 5.92 Å². The molecule has 1 atom stereocenters. The lowest BCUT2D eigenvalue weighted by molar-refractivity contribution is -0.145. The van der Waals surface area contributed by atoms with Crippen LogP contribution in [0.25, 0.3) is 0 Å². The van der Waals surface area contributed by atoms with Crippen molar-refractivity contribution in [2.45, 2.75) is 6.42 Å². The van der Waals surface area contributed by atoms with Crippen LogP contribution in [0.3, 0.4) is 0 Å². The van der Waals surface area contributed by atoms with Crippen LogP contribution in [-0.2, 0) is 9.59 Å². The van der Waals surface area contributed by atoms with Gasteiger partial charge >= 0.3 is 11.9 Å². The predicted octanol–water partition coefficient (Wildman–Crippen LogP) is -0.0763. The van der Waals surface area contributed by atoms with Gasteiger partial charge in [0.2, 0.25) is 0 Å². The van der Waals surface area contributed by atoms with E-state index in [-0.39, 0.29) is 4.99 Å². The Hall–Kier alpha value is -0.820. The first-order valence-electron chi connectivity index (χ1n) is 2.87. The summed E-state index contributed by atoms with van der Waals surface area (Å²) in [6, 6.07) is 0. The third-order valence-electron chi connectivity index (χ3n) is 1.10. The summed E-state index contributed by atoms with van der Waals surface area (Å²) in [6.07, 6.45) is -0.540. The Bertz CT molecular complexity index is 217. The van der Waals surface area contributed by atoms with Crippen LogP contribution in [0.15, 0.2) is 0 Å². The molecule has 0 amide bonds. The van der Waals surface area contributed by atoms with E-state index >= 15 is 0 Å². The number of carbonyl (C=O) groups is 2. The lowest BCUT2D eigenvalue weighted by atomic mass is 10.1. The van der Waals surface area contributed by atoms with Gasteiger partial charge in [-0.2, -0.15) is 0 Å². The molecule has 12 heavy (non-hydrogen) atoms. The first-order chi connectivity index (χ1) is 5.49. The van der Waals surface area contributed by atoms with E-state index in [1.165, 1.54) is 0 Å². The van der Waals surface area contributed by atoms with Crippen molar-refractivity contribution in [1.29, 1.82) is 0 Å². The fraction of sp³-hybridized carbons (Fsp3) is 0.400. The molecule has 0 aliphatic heterocycles. The molecule has 0 aromatic rings. The van der Waals surface area contributed by atoms with E-state index < -0.39 is 24.3 Å². The number of nitrogens with one attached hydrogen (secondary N) is 1. The highest BCUT2D eigenvalue weighted by molar-refractivity contribution is 7.84. The number of aliphatic carboxylic acids is 2. The van der Waals surface area contributed by atoms with Crippen LogP contribution in [0.4, 0.5) is 0 Å². The number of carboxylic acid groups (broad SMARTS) is 2. The Morgan fingerprint density at radius 3 is 2.25 bits per heavy atom. The van der Waals surface area contributed by atoms with Crippen LogP contribution >= 0.6 is 25.0 Å². The van der Waals surface area contributed by atoms with E-state index in [1.807, 2.05) is 0 Å². The molecule has 0 fully saturated rings. The van der Waals surface area contributed by atoms with Crippen molar-refractivity contribution < 1.29 is 19.8 Å². The van der Waals surface area contributed by atoms with E-state index in [0.717, 1.165) is 0 Å². The molecule has 3 N–H and O–H groups in total. The Balaban J connectivity index is 4.33. The van der Waals surface area contributed by atoms with Crippen LogP contribution in [-0.4, -0.2) is 27.1 Å². The van der Waals surface area contributed by atoms with Gasteiger partial charge in [0.1, 0.15) is 5.92 Å². The molecule has 5 nitrogen and oxygen atoms in total. The average Bonchev–Trinajstić information content (AvgIpc) is 1.98. The first-order valence-corrected chi connectivity index (χ1v) is 3.73. The van der Waals surface area contributed by atoms with Crippen LogP contribution in [0.2, 0.25) is 0 Å². The molecule has 0 saturated heterocycles. The number of thiocarbonyl (C=S) groups is 1. The standard InChI is InChI=1S/C5H7NO4S2/c7-3(8)1-2(5(9)10)4(11)6-12/h2,12H,1H2,(H,6,11)(H,7,8)(H,9,10). The summed E-state index contributed by atoms with van der Waals surface area (Å²) in [7, 11) is 0. The maximum absolute atomic E-state index is 10.4. The highest BCUT2D eigenvalue weighted by Gasteiger charge is 2.24. The minimum atomic E-state index is -1.27. The largest absolute Gasteiger partial charge is 0.481 e. The molecule has 7 heteroatoms. The van der Waals surface area contributed by atoms with E-state index in [9.17, 15) is 9.59 Å². The highest BCUT2D eigenvalue weighted by atomic mass is 32.1. The molecule has 0 aliphatic rings. The van der Waals surface area contributed by atoms with Gasteiger partial charge in [0.15, 0.2) is 0 Å². The fourth-order valence-corrected chi connectivity index (χ4v) is 0.885. The van der Waals surface area contributed by atoms with Crippen molar-refractivity contribution in [2.24, 2.45) is 5.92 Å². The Morgan fingerprint density at radius 1 is 1.50 bits per heavy atom. The normalized spacial score (nSPS) is 11.8. The third kappa shape index (κ3) is 3.54. The predicted molar refractivity (Wildman–Crippen MR) is 48.1 cm³/mol. The lowest BCUT2D eigenvalue weighted by Crippen LogP contribution is -2.30. The molecule has 0 bridgehead atoms.